The normalized spacial score (nSPS) is 20.6. The van der Waals surface area contributed by atoms with E-state index in [1.165, 1.54) is 12.1 Å². The molecule has 31 heavy (non-hydrogen) atoms. The summed E-state index contributed by atoms with van der Waals surface area (Å²) in [7, 11) is 0. The van der Waals surface area contributed by atoms with Crippen molar-refractivity contribution in [1.29, 1.82) is 0 Å². The molecule has 0 unspecified atom stereocenters. The summed E-state index contributed by atoms with van der Waals surface area (Å²) in [5, 5.41) is 2.14. The molecule has 1 aliphatic heterocycles. The van der Waals surface area contributed by atoms with Crippen molar-refractivity contribution in [2.24, 2.45) is 4.99 Å². The molecule has 1 fully saturated rings. The fourth-order valence-corrected chi connectivity index (χ4v) is 4.42. The number of carbonyl (C=O) groups excluding carboxylic acids is 1. The van der Waals surface area contributed by atoms with Crippen molar-refractivity contribution in [3.8, 4) is 0 Å². The van der Waals surface area contributed by atoms with Crippen LogP contribution >= 0.6 is 11.8 Å². The SMILES string of the molecule is Cc1ccc([C@@]2(C(F)(F)F)NC(=O)N(c3ccccc3)C(=Nc3ccccc3)S2)cc1. The van der Waals surface area contributed by atoms with Gasteiger partial charge in [-0.3, -0.25) is 0 Å². The van der Waals surface area contributed by atoms with Crippen LogP contribution in [-0.2, 0) is 4.87 Å². The van der Waals surface area contributed by atoms with Gasteiger partial charge in [0.05, 0.1) is 11.4 Å². The Labute approximate surface area is 181 Å². The van der Waals surface area contributed by atoms with Gasteiger partial charge in [-0.15, -0.1) is 0 Å². The van der Waals surface area contributed by atoms with Crippen LogP contribution in [0.1, 0.15) is 11.1 Å². The minimum Gasteiger partial charge on any atom is -0.311 e. The number of nitrogens with one attached hydrogen (secondary N) is 1. The quantitative estimate of drug-likeness (QED) is 0.514. The van der Waals surface area contributed by atoms with Crippen LogP contribution in [0, 0.1) is 6.92 Å². The second-order valence-electron chi connectivity index (χ2n) is 6.98. The molecular weight excluding hydrogens is 423 g/mol. The number of aryl methyl sites for hydroxylation is 1. The first-order chi connectivity index (χ1) is 14.8. The summed E-state index contributed by atoms with van der Waals surface area (Å²) < 4.78 is 43.5. The van der Waals surface area contributed by atoms with Crippen LogP contribution in [0.25, 0.3) is 0 Å². The van der Waals surface area contributed by atoms with Gasteiger partial charge in [0.1, 0.15) is 0 Å². The lowest BCUT2D eigenvalue weighted by Gasteiger charge is -2.43. The van der Waals surface area contributed by atoms with Crippen molar-refractivity contribution in [1.82, 2.24) is 5.32 Å². The highest BCUT2D eigenvalue weighted by Crippen LogP contribution is 2.51. The number of para-hydroxylation sites is 2. The summed E-state index contributed by atoms with van der Waals surface area (Å²) >= 11 is 0.465. The van der Waals surface area contributed by atoms with E-state index in [9.17, 15) is 18.0 Å². The third kappa shape index (κ3) is 4.03. The Balaban J connectivity index is 1.89. The van der Waals surface area contributed by atoms with Gasteiger partial charge in [-0.1, -0.05) is 66.2 Å². The van der Waals surface area contributed by atoms with Crippen LogP contribution in [0.3, 0.4) is 0 Å². The van der Waals surface area contributed by atoms with Crippen LogP contribution in [0.4, 0.5) is 29.3 Å². The van der Waals surface area contributed by atoms with Crippen LogP contribution in [-0.4, -0.2) is 17.4 Å². The van der Waals surface area contributed by atoms with E-state index in [0.717, 1.165) is 10.5 Å². The number of amides is 2. The van der Waals surface area contributed by atoms with E-state index in [2.05, 4.69) is 10.3 Å². The molecule has 0 radical (unpaired) electrons. The first-order valence-corrected chi connectivity index (χ1v) is 10.3. The number of rotatable bonds is 3. The Morgan fingerprint density at radius 2 is 1.48 bits per heavy atom. The van der Waals surface area contributed by atoms with Crippen LogP contribution in [0.15, 0.2) is 89.9 Å². The lowest BCUT2D eigenvalue weighted by molar-refractivity contribution is -0.167. The molecule has 3 aromatic carbocycles. The molecule has 1 N–H and O–H groups in total. The Kier molecular flexibility index (Phi) is 5.49. The summed E-state index contributed by atoms with van der Waals surface area (Å²) in [6.07, 6.45) is -4.77. The predicted molar refractivity (Wildman–Crippen MR) is 117 cm³/mol. The number of halogens is 3. The van der Waals surface area contributed by atoms with E-state index in [1.54, 1.807) is 79.7 Å². The number of alkyl halides is 3. The maximum Gasteiger partial charge on any atom is 0.425 e. The molecule has 4 rings (SSSR count). The second-order valence-corrected chi connectivity index (χ2v) is 8.16. The minimum absolute atomic E-state index is 0.0703. The molecule has 2 amide bonds. The van der Waals surface area contributed by atoms with E-state index in [1.807, 2.05) is 0 Å². The topological polar surface area (TPSA) is 44.7 Å². The third-order valence-electron chi connectivity index (χ3n) is 4.77. The zero-order chi connectivity index (χ0) is 22.1. The van der Waals surface area contributed by atoms with Gasteiger partial charge in [0.15, 0.2) is 5.17 Å². The Bertz CT molecular complexity index is 1100. The molecule has 8 heteroatoms. The molecule has 0 aliphatic carbocycles. The van der Waals surface area contributed by atoms with E-state index < -0.39 is 17.1 Å². The summed E-state index contributed by atoms with van der Waals surface area (Å²) in [6, 6.07) is 22.1. The maximum absolute atomic E-state index is 14.5. The number of benzene rings is 3. The summed E-state index contributed by atoms with van der Waals surface area (Å²) in [6.45, 7) is 1.79. The molecule has 0 bridgehead atoms. The third-order valence-corrected chi connectivity index (χ3v) is 6.11. The van der Waals surface area contributed by atoms with Crippen molar-refractivity contribution in [3.05, 3.63) is 96.1 Å². The van der Waals surface area contributed by atoms with Crippen LogP contribution < -0.4 is 10.2 Å². The molecule has 4 nitrogen and oxygen atoms in total. The van der Waals surface area contributed by atoms with Crippen LogP contribution in [0.2, 0.25) is 0 Å². The summed E-state index contributed by atoms with van der Waals surface area (Å²) in [4.78, 5) is 16.0. The van der Waals surface area contributed by atoms with E-state index in [-0.39, 0.29) is 10.7 Å². The maximum atomic E-state index is 14.5. The summed E-state index contributed by atoms with van der Waals surface area (Å²) in [5.74, 6) is 0. The molecule has 3 aromatic rings. The first-order valence-electron chi connectivity index (χ1n) is 9.44. The standard InChI is InChI=1S/C23H18F3N3OS/c1-16-12-14-17(15-13-16)22(23(24,25)26)28-20(30)29(19-10-6-3-7-11-19)21(31-22)27-18-8-4-2-5-9-18/h2-15H,1H3,(H,28,30)/t22-/m1/s1. The van der Waals surface area contributed by atoms with Gasteiger partial charge >= 0.3 is 12.2 Å². The largest absolute Gasteiger partial charge is 0.425 e. The van der Waals surface area contributed by atoms with Gasteiger partial charge < -0.3 is 5.32 Å². The van der Waals surface area contributed by atoms with Crippen molar-refractivity contribution in [2.75, 3.05) is 4.90 Å². The minimum atomic E-state index is -4.77. The van der Waals surface area contributed by atoms with E-state index in [4.69, 9.17) is 0 Å². The molecular formula is C23H18F3N3OS. The fourth-order valence-electron chi connectivity index (χ4n) is 3.20. The van der Waals surface area contributed by atoms with Crippen molar-refractivity contribution >= 4 is 34.3 Å². The smallest absolute Gasteiger partial charge is 0.311 e. The Hall–Kier alpha value is -3.26. The van der Waals surface area contributed by atoms with Crippen molar-refractivity contribution < 1.29 is 18.0 Å². The molecule has 1 atom stereocenters. The molecule has 0 aromatic heterocycles. The monoisotopic (exact) mass is 441 g/mol. The number of nitrogens with zero attached hydrogens (tertiary/aromatic N) is 2. The van der Waals surface area contributed by atoms with Crippen molar-refractivity contribution in [3.63, 3.8) is 0 Å². The number of urea groups is 1. The molecule has 0 saturated carbocycles. The highest BCUT2D eigenvalue weighted by molar-refractivity contribution is 8.15. The number of hydrogen-bond acceptors (Lipinski definition) is 3. The highest BCUT2D eigenvalue weighted by atomic mass is 32.2. The lowest BCUT2D eigenvalue weighted by atomic mass is 10.0. The number of anilines is 1. The van der Waals surface area contributed by atoms with E-state index >= 15 is 0 Å². The number of amidine groups is 1. The molecule has 1 aliphatic rings. The van der Waals surface area contributed by atoms with Gasteiger partial charge in [-0.2, -0.15) is 13.2 Å². The van der Waals surface area contributed by atoms with Gasteiger partial charge in [-0.05, 0) is 48.5 Å². The zero-order valence-corrected chi connectivity index (χ0v) is 17.2. The zero-order valence-electron chi connectivity index (χ0n) is 16.4. The first kappa shape index (κ1) is 21.0. The van der Waals surface area contributed by atoms with E-state index in [0.29, 0.717) is 23.1 Å². The Morgan fingerprint density at radius 1 is 0.903 bits per heavy atom. The number of carbonyl (C=O) groups is 1. The number of thioether (sulfide) groups is 1. The molecule has 1 heterocycles. The van der Waals surface area contributed by atoms with Crippen LogP contribution in [0.5, 0.6) is 0 Å². The highest BCUT2D eigenvalue weighted by Gasteiger charge is 2.62. The predicted octanol–water partition coefficient (Wildman–Crippen LogP) is 6.36. The van der Waals surface area contributed by atoms with Gasteiger partial charge in [0, 0.05) is 0 Å². The average Bonchev–Trinajstić information content (AvgIpc) is 2.74. The summed E-state index contributed by atoms with van der Waals surface area (Å²) in [5.41, 5.74) is 1.61. The number of aliphatic imine (C=N–C) groups is 1. The fraction of sp³-hybridized carbons (Fsp3) is 0.130. The second kappa shape index (κ2) is 8.11. The number of hydrogen-bond donors (Lipinski definition) is 1. The molecule has 158 valence electrons. The molecule has 0 spiro atoms. The average molecular weight is 441 g/mol. The van der Waals surface area contributed by atoms with Gasteiger partial charge in [-0.25, -0.2) is 14.7 Å². The van der Waals surface area contributed by atoms with Gasteiger partial charge in [0.2, 0.25) is 4.87 Å². The Morgan fingerprint density at radius 3 is 2.06 bits per heavy atom. The molecule has 1 saturated heterocycles. The van der Waals surface area contributed by atoms with Gasteiger partial charge in [0.25, 0.3) is 0 Å². The lowest BCUT2D eigenvalue weighted by Crippen LogP contribution is -2.63. The van der Waals surface area contributed by atoms with Crippen molar-refractivity contribution in [2.45, 2.75) is 18.0 Å².